The lowest BCUT2D eigenvalue weighted by atomic mass is 10.1. The number of thiophene rings is 1. The highest BCUT2D eigenvalue weighted by Crippen LogP contribution is 2.44. The molecule has 2 amide bonds. The molecule has 3 rings (SSSR count). The summed E-state index contributed by atoms with van der Waals surface area (Å²) in [7, 11) is 0. The van der Waals surface area contributed by atoms with Crippen molar-refractivity contribution < 1.29 is 14.7 Å². The van der Waals surface area contributed by atoms with E-state index < -0.39 is 12.1 Å². The molecule has 1 aromatic carbocycles. The van der Waals surface area contributed by atoms with Crippen molar-refractivity contribution >= 4 is 40.8 Å². The van der Waals surface area contributed by atoms with Crippen LogP contribution in [0.2, 0.25) is 0 Å². The molecule has 5 nitrogen and oxygen atoms in total. The first kappa shape index (κ1) is 14.0. The van der Waals surface area contributed by atoms with Crippen LogP contribution in [0.1, 0.15) is 10.1 Å². The van der Waals surface area contributed by atoms with Crippen LogP contribution in [0.3, 0.4) is 0 Å². The van der Waals surface area contributed by atoms with Crippen LogP contribution in [0, 0.1) is 0 Å². The molecular weight excluding hydrogens is 308 g/mol. The zero-order valence-corrected chi connectivity index (χ0v) is 12.4. The number of hydrogen-bond donors (Lipinski definition) is 3. The Balaban J connectivity index is 2.03. The lowest BCUT2D eigenvalue weighted by molar-refractivity contribution is -0.118. The van der Waals surface area contributed by atoms with E-state index in [0.717, 1.165) is 9.77 Å². The van der Waals surface area contributed by atoms with E-state index in [-0.39, 0.29) is 11.2 Å². The molecule has 1 aliphatic rings. The number of carbonyl (C=O) groups is 2. The number of nitrogens with one attached hydrogen (secondary N) is 2. The number of fused-ring (bicyclic) bond motifs is 1. The van der Waals surface area contributed by atoms with Gasteiger partial charge in [0.15, 0.2) is 0 Å². The first-order chi connectivity index (χ1) is 10.1. The summed E-state index contributed by atoms with van der Waals surface area (Å²) in [5.74, 6) is -0.340. The van der Waals surface area contributed by atoms with E-state index in [1.165, 1.54) is 23.1 Å². The third-order valence-corrected chi connectivity index (χ3v) is 5.58. The van der Waals surface area contributed by atoms with Gasteiger partial charge < -0.3 is 15.7 Å². The number of carboxylic acid groups (broad SMARTS) is 1. The Kier molecular flexibility index (Phi) is 3.85. The molecule has 108 valence electrons. The van der Waals surface area contributed by atoms with Crippen LogP contribution >= 0.6 is 23.1 Å². The second-order valence-corrected chi connectivity index (χ2v) is 6.63. The maximum Gasteiger partial charge on any atom is 0.405 e. The second-order valence-electron chi connectivity index (χ2n) is 4.47. The predicted molar refractivity (Wildman–Crippen MR) is 82.9 cm³/mol. The molecule has 0 spiro atoms. The van der Waals surface area contributed by atoms with Gasteiger partial charge in [0.05, 0.1) is 10.9 Å². The van der Waals surface area contributed by atoms with Crippen molar-refractivity contribution in [2.45, 2.75) is 16.2 Å². The predicted octanol–water partition coefficient (Wildman–Crippen LogP) is 3.17. The van der Waals surface area contributed by atoms with E-state index >= 15 is 0 Å². The molecule has 0 radical (unpaired) electrons. The minimum atomic E-state index is -1.21. The molecule has 1 aromatic heterocycles. The average molecular weight is 320 g/mol. The van der Waals surface area contributed by atoms with Gasteiger partial charge in [-0.25, -0.2) is 4.79 Å². The van der Waals surface area contributed by atoms with Crippen molar-refractivity contribution in [2.24, 2.45) is 0 Å². The number of hydrogen-bond acceptors (Lipinski definition) is 4. The minimum Gasteiger partial charge on any atom is -0.465 e. The van der Waals surface area contributed by atoms with E-state index in [1.54, 1.807) is 0 Å². The number of carbonyl (C=O) groups excluding carboxylic acids is 1. The van der Waals surface area contributed by atoms with E-state index in [9.17, 15) is 9.59 Å². The fourth-order valence-electron chi connectivity index (χ4n) is 2.18. The number of rotatable bonds is 2. The Morgan fingerprint density at radius 1 is 1.24 bits per heavy atom. The molecule has 1 aliphatic heterocycles. The van der Waals surface area contributed by atoms with Crippen molar-refractivity contribution in [1.82, 2.24) is 5.32 Å². The van der Waals surface area contributed by atoms with Crippen molar-refractivity contribution in [1.29, 1.82) is 0 Å². The van der Waals surface area contributed by atoms with Gasteiger partial charge in [-0.15, -0.1) is 23.1 Å². The van der Waals surface area contributed by atoms with Crippen molar-refractivity contribution in [3.05, 3.63) is 46.7 Å². The zero-order chi connectivity index (χ0) is 14.8. The Labute approximate surface area is 129 Å². The molecular formula is C14H12N2O3S2. The van der Waals surface area contributed by atoms with Crippen LogP contribution in [-0.4, -0.2) is 23.1 Å². The number of amides is 2. The zero-order valence-electron chi connectivity index (χ0n) is 10.8. The lowest BCUT2D eigenvalue weighted by Crippen LogP contribution is -2.45. The fraction of sp³-hybridized carbons (Fsp3) is 0.143. The van der Waals surface area contributed by atoms with Crippen molar-refractivity contribution in [3.8, 4) is 0 Å². The molecule has 3 N–H and O–H groups in total. The van der Waals surface area contributed by atoms with Gasteiger partial charge >= 0.3 is 6.09 Å². The van der Waals surface area contributed by atoms with Gasteiger partial charge in [-0.1, -0.05) is 18.2 Å². The van der Waals surface area contributed by atoms with Crippen LogP contribution in [0.5, 0.6) is 0 Å². The van der Waals surface area contributed by atoms with Crippen molar-refractivity contribution in [3.63, 3.8) is 0 Å². The first-order valence-electron chi connectivity index (χ1n) is 6.24. The Bertz CT molecular complexity index is 673. The molecule has 0 aliphatic carbocycles. The van der Waals surface area contributed by atoms with Gasteiger partial charge in [0.2, 0.25) is 5.91 Å². The standard InChI is InChI=1S/C14H12N2O3S2/c17-13-11(16-14(18)19)12(10-6-3-7-20-10)21-9-5-2-1-4-8(9)15-13/h1-7,11-12,16H,(H,15,17)(H,18,19)/t11-,12+/m1/s1. The summed E-state index contributed by atoms with van der Waals surface area (Å²) >= 11 is 3.00. The average Bonchev–Trinajstić information content (AvgIpc) is 2.93. The summed E-state index contributed by atoms with van der Waals surface area (Å²) in [4.78, 5) is 25.3. The molecule has 0 bridgehead atoms. The summed E-state index contributed by atoms with van der Waals surface area (Å²) in [6.07, 6.45) is -1.21. The monoisotopic (exact) mass is 320 g/mol. The molecule has 2 aromatic rings. The third kappa shape index (κ3) is 2.88. The summed E-state index contributed by atoms with van der Waals surface area (Å²) in [6, 6.07) is 10.4. The van der Waals surface area contributed by atoms with E-state index in [2.05, 4.69) is 10.6 Å². The Morgan fingerprint density at radius 2 is 2.05 bits per heavy atom. The number of benzene rings is 1. The molecule has 0 saturated carbocycles. The van der Waals surface area contributed by atoms with Gasteiger partial charge in [-0.2, -0.15) is 0 Å². The third-order valence-electron chi connectivity index (χ3n) is 3.09. The Morgan fingerprint density at radius 3 is 2.76 bits per heavy atom. The van der Waals surface area contributed by atoms with Crippen LogP contribution in [0.4, 0.5) is 10.5 Å². The van der Waals surface area contributed by atoms with Gasteiger partial charge in [0, 0.05) is 9.77 Å². The van der Waals surface area contributed by atoms with Crippen LogP contribution < -0.4 is 10.6 Å². The maximum atomic E-state index is 12.4. The normalized spacial score (nSPS) is 21.0. The van der Waals surface area contributed by atoms with Crippen LogP contribution in [-0.2, 0) is 4.79 Å². The summed E-state index contributed by atoms with van der Waals surface area (Å²) < 4.78 is 0. The molecule has 2 heterocycles. The summed E-state index contributed by atoms with van der Waals surface area (Å²) in [6.45, 7) is 0. The largest absolute Gasteiger partial charge is 0.465 e. The minimum absolute atomic E-state index is 0.287. The quantitative estimate of drug-likeness (QED) is 0.794. The maximum absolute atomic E-state index is 12.4. The van der Waals surface area contributed by atoms with E-state index in [1.807, 2.05) is 41.8 Å². The van der Waals surface area contributed by atoms with Crippen LogP contribution in [0.15, 0.2) is 46.7 Å². The molecule has 0 saturated heterocycles. The van der Waals surface area contributed by atoms with Gasteiger partial charge in [-0.3, -0.25) is 4.79 Å². The van der Waals surface area contributed by atoms with E-state index in [0.29, 0.717) is 5.69 Å². The highest BCUT2D eigenvalue weighted by molar-refractivity contribution is 8.00. The number of thioether (sulfide) groups is 1. The molecule has 0 fully saturated rings. The highest BCUT2D eigenvalue weighted by atomic mass is 32.2. The molecule has 21 heavy (non-hydrogen) atoms. The lowest BCUT2D eigenvalue weighted by Gasteiger charge is -2.21. The van der Waals surface area contributed by atoms with Gasteiger partial charge in [0.25, 0.3) is 0 Å². The second kappa shape index (κ2) is 5.79. The Hall–Kier alpha value is -1.99. The summed E-state index contributed by atoms with van der Waals surface area (Å²) in [5.41, 5.74) is 0.712. The highest BCUT2D eigenvalue weighted by Gasteiger charge is 2.35. The molecule has 7 heteroatoms. The van der Waals surface area contributed by atoms with Gasteiger partial charge in [-0.05, 0) is 23.6 Å². The van der Waals surface area contributed by atoms with Gasteiger partial charge in [0.1, 0.15) is 6.04 Å². The molecule has 2 atom stereocenters. The number of para-hydroxylation sites is 1. The SMILES string of the molecule is O=C(O)N[C@H]1C(=O)Nc2ccccc2S[C@H]1c1cccs1. The van der Waals surface area contributed by atoms with E-state index in [4.69, 9.17) is 5.11 Å². The topological polar surface area (TPSA) is 78.4 Å². The smallest absolute Gasteiger partial charge is 0.405 e. The fourth-order valence-corrected chi connectivity index (χ4v) is 4.43. The first-order valence-corrected chi connectivity index (χ1v) is 8.00. The summed E-state index contributed by atoms with van der Waals surface area (Å²) in [5, 5.41) is 15.8. The van der Waals surface area contributed by atoms with Crippen LogP contribution in [0.25, 0.3) is 0 Å². The van der Waals surface area contributed by atoms with Crippen molar-refractivity contribution in [2.75, 3.05) is 5.32 Å². The molecule has 0 unspecified atom stereocenters. The number of anilines is 1.